The zero-order chi connectivity index (χ0) is 21.8. The second kappa shape index (κ2) is 8.95. The molecule has 1 aromatic heterocycles. The Morgan fingerprint density at radius 3 is 2.35 bits per heavy atom. The Bertz CT molecular complexity index is 1260. The standard InChI is InChI=1S/C22H15ClN4O3S/c23-17-6-2-4-8-19(17)24-21(28)16-5-1-3-7-18(16)25-22-26-20(13-31-22)14-9-11-15(12-10-14)27(29)30/h1-13H,(H,24,28)(H,25,26). The van der Waals surface area contributed by atoms with Crippen molar-refractivity contribution in [1.82, 2.24) is 4.98 Å². The van der Waals surface area contributed by atoms with E-state index in [0.29, 0.717) is 32.8 Å². The van der Waals surface area contributed by atoms with Crippen molar-refractivity contribution in [2.75, 3.05) is 10.6 Å². The van der Waals surface area contributed by atoms with Gasteiger partial charge in [-0.05, 0) is 36.4 Å². The molecule has 4 rings (SSSR count). The molecule has 154 valence electrons. The summed E-state index contributed by atoms with van der Waals surface area (Å²) < 4.78 is 0. The van der Waals surface area contributed by atoms with E-state index in [1.54, 1.807) is 54.6 Å². The molecule has 0 fully saturated rings. The lowest BCUT2D eigenvalue weighted by atomic mass is 10.1. The quantitative estimate of drug-likeness (QED) is 0.263. The van der Waals surface area contributed by atoms with Gasteiger partial charge in [0.15, 0.2) is 5.13 Å². The van der Waals surface area contributed by atoms with Crippen molar-refractivity contribution in [3.05, 3.63) is 98.9 Å². The van der Waals surface area contributed by atoms with Crippen LogP contribution in [0.25, 0.3) is 11.3 Å². The number of thiazole rings is 1. The highest BCUT2D eigenvalue weighted by atomic mass is 35.5. The highest BCUT2D eigenvalue weighted by molar-refractivity contribution is 7.14. The number of hydrogen-bond donors (Lipinski definition) is 2. The third-order valence-electron chi connectivity index (χ3n) is 4.41. The largest absolute Gasteiger partial charge is 0.331 e. The van der Waals surface area contributed by atoms with E-state index in [-0.39, 0.29) is 11.6 Å². The van der Waals surface area contributed by atoms with Crippen molar-refractivity contribution in [2.24, 2.45) is 0 Å². The van der Waals surface area contributed by atoms with E-state index in [2.05, 4.69) is 15.6 Å². The SMILES string of the molecule is O=C(Nc1ccccc1Cl)c1ccccc1Nc1nc(-c2ccc([N+](=O)[O-])cc2)cs1. The van der Waals surface area contributed by atoms with Crippen molar-refractivity contribution in [1.29, 1.82) is 0 Å². The molecule has 0 saturated carbocycles. The maximum Gasteiger partial charge on any atom is 0.269 e. The topological polar surface area (TPSA) is 97.2 Å². The first-order valence-corrected chi connectivity index (χ1v) is 10.4. The minimum Gasteiger partial charge on any atom is -0.331 e. The molecule has 7 nitrogen and oxygen atoms in total. The van der Waals surface area contributed by atoms with Gasteiger partial charge in [-0.3, -0.25) is 14.9 Å². The van der Waals surface area contributed by atoms with Crippen molar-refractivity contribution < 1.29 is 9.72 Å². The van der Waals surface area contributed by atoms with Gasteiger partial charge in [-0.2, -0.15) is 0 Å². The second-order valence-corrected chi connectivity index (χ2v) is 7.71. The Labute approximate surface area is 186 Å². The van der Waals surface area contributed by atoms with Gasteiger partial charge in [-0.1, -0.05) is 35.9 Å². The molecule has 0 radical (unpaired) electrons. The Kier molecular flexibility index (Phi) is 5.92. The fourth-order valence-electron chi connectivity index (χ4n) is 2.88. The molecule has 0 saturated heterocycles. The van der Waals surface area contributed by atoms with E-state index in [1.807, 2.05) is 11.4 Å². The number of anilines is 3. The molecule has 0 aliphatic carbocycles. The number of amides is 1. The number of para-hydroxylation sites is 2. The number of aromatic nitrogens is 1. The molecular weight excluding hydrogens is 436 g/mol. The van der Waals surface area contributed by atoms with Crippen molar-refractivity contribution in [3.8, 4) is 11.3 Å². The lowest BCUT2D eigenvalue weighted by Crippen LogP contribution is -2.14. The molecule has 0 aliphatic rings. The zero-order valence-corrected chi connectivity index (χ0v) is 17.5. The van der Waals surface area contributed by atoms with Crippen LogP contribution < -0.4 is 10.6 Å². The van der Waals surface area contributed by atoms with Crippen LogP contribution in [-0.2, 0) is 0 Å². The lowest BCUT2D eigenvalue weighted by Gasteiger charge is -2.11. The first kappa shape index (κ1) is 20.5. The van der Waals surface area contributed by atoms with Gasteiger partial charge >= 0.3 is 0 Å². The average Bonchev–Trinajstić information content (AvgIpc) is 3.24. The van der Waals surface area contributed by atoms with Crippen LogP contribution >= 0.6 is 22.9 Å². The highest BCUT2D eigenvalue weighted by Gasteiger charge is 2.14. The number of nitrogens with zero attached hydrogens (tertiary/aromatic N) is 2. The maximum absolute atomic E-state index is 12.8. The first-order chi connectivity index (χ1) is 15.0. The maximum atomic E-state index is 12.8. The first-order valence-electron chi connectivity index (χ1n) is 9.13. The predicted octanol–water partition coefficient (Wildman–Crippen LogP) is 6.37. The zero-order valence-electron chi connectivity index (χ0n) is 15.9. The second-order valence-electron chi connectivity index (χ2n) is 6.45. The number of hydrogen-bond acceptors (Lipinski definition) is 6. The Balaban J connectivity index is 1.54. The van der Waals surface area contributed by atoms with Crippen LogP contribution in [0.5, 0.6) is 0 Å². The Hall–Kier alpha value is -3.75. The molecule has 0 aliphatic heterocycles. The van der Waals surface area contributed by atoms with Gasteiger partial charge in [0.2, 0.25) is 0 Å². The minimum atomic E-state index is -0.442. The summed E-state index contributed by atoms with van der Waals surface area (Å²) in [6.07, 6.45) is 0. The number of nitro benzene ring substituents is 1. The Morgan fingerprint density at radius 1 is 0.968 bits per heavy atom. The van der Waals surface area contributed by atoms with E-state index in [0.717, 1.165) is 5.56 Å². The molecule has 1 heterocycles. The molecule has 0 spiro atoms. The summed E-state index contributed by atoms with van der Waals surface area (Å²) in [7, 11) is 0. The summed E-state index contributed by atoms with van der Waals surface area (Å²) in [4.78, 5) is 27.7. The number of non-ortho nitro benzene ring substituents is 1. The summed E-state index contributed by atoms with van der Waals surface area (Å²) in [5, 5.41) is 19.7. The number of rotatable bonds is 6. The van der Waals surface area contributed by atoms with Crippen molar-refractivity contribution in [3.63, 3.8) is 0 Å². The summed E-state index contributed by atoms with van der Waals surface area (Å²) >= 11 is 7.51. The highest BCUT2D eigenvalue weighted by Crippen LogP contribution is 2.30. The molecule has 2 N–H and O–H groups in total. The van der Waals surface area contributed by atoms with Crippen molar-refractivity contribution in [2.45, 2.75) is 0 Å². The van der Waals surface area contributed by atoms with E-state index in [4.69, 9.17) is 11.6 Å². The minimum absolute atomic E-state index is 0.0239. The van der Waals surface area contributed by atoms with Gasteiger partial charge in [0.05, 0.1) is 32.6 Å². The van der Waals surface area contributed by atoms with Gasteiger partial charge in [0, 0.05) is 23.1 Å². The van der Waals surface area contributed by atoms with Crippen LogP contribution in [0.1, 0.15) is 10.4 Å². The van der Waals surface area contributed by atoms with E-state index in [1.165, 1.54) is 23.5 Å². The van der Waals surface area contributed by atoms with Crippen LogP contribution in [0, 0.1) is 10.1 Å². The smallest absolute Gasteiger partial charge is 0.269 e. The predicted molar refractivity (Wildman–Crippen MR) is 123 cm³/mol. The molecule has 4 aromatic rings. The summed E-state index contributed by atoms with van der Waals surface area (Å²) in [6.45, 7) is 0. The molecule has 9 heteroatoms. The monoisotopic (exact) mass is 450 g/mol. The molecule has 0 atom stereocenters. The lowest BCUT2D eigenvalue weighted by molar-refractivity contribution is -0.384. The van der Waals surface area contributed by atoms with Crippen LogP contribution in [0.4, 0.5) is 22.2 Å². The van der Waals surface area contributed by atoms with Gasteiger partial charge in [-0.15, -0.1) is 11.3 Å². The molecule has 31 heavy (non-hydrogen) atoms. The van der Waals surface area contributed by atoms with Crippen LogP contribution in [-0.4, -0.2) is 15.8 Å². The molecule has 3 aromatic carbocycles. The van der Waals surface area contributed by atoms with Crippen molar-refractivity contribution >= 4 is 51.0 Å². The Morgan fingerprint density at radius 2 is 1.65 bits per heavy atom. The molecule has 1 amide bonds. The summed E-state index contributed by atoms with van der Waals surface area (Å²) in [6, 6.07) is 20.3. The summed E-state index contributed by atoms with van der Waals surface area (Å²) in [5.74, 6) is -0.302. The molecular formula is C22H15ClN4O3S. The number of carbonyl (C=O) groups is 1. The van der Waals surface area contributed by atoms with E-state index < -0.39 is 4.92 Å². The van der Waals surface area contributed by atoms with Gasteiger partial charge in [-0.25, -0.2) is 4.98 Å². The van der Waals surface area contributed by atoms with Gasteiger partial charge in [0.1, 0.15) is 0 Å². The molecule has 0 unspecified atom stereocenters. The number of benzene rings is 3. The average molecular weight is 451 g/mol. The number of nitrogens with one attached hydrogen (secondary N) is 2. The van der Waals surface area contributed by atoms with Crippen LogP contribution in [0.2, 0.25) is 5.02 Å². The fraction of sp³-hybridized carbons (Fsp3) is 0. The molecule has 0 bridgehead atoms. The number of nitro groups is 1. The third-order valence-corrected chi connectivity index (χ3v) is 5.50. The van der Waals surface area contributed by atoms with Gasteiger partial charge in [0.25, 0.3) is 11.6 Å². The van der Waals surface area contributed by atoms with E-state index >= 15 is 0 Å². The van der Waals surface area contributed by atoms with Crippen LogP contribution in [0.15, 0.2) is 78.2 Å². The number of carbonyl (C=O) groups excluding carboxylic acids is 1. The number of halogens is 1. The normalized spacial score (nSPS) is 10.5. The van der Waals surface area contributed by atoms with Gasteiger partial charge < -0.3 is 10.6 Å². The van der Waals surface area contributed by atoms with E-state index in [9.17, 15) is 14.9 Å². The fourth-order valence-corrected chi connectivity index (χ4v) is 3.79. The summed E-state index contributed by atoms with van der Waals surface area (Å²) in [5.41, 5.74) is 3.03. The van der Waals surface area contributed by atoms with Crippen LogP contribution in [0.3, 0.4) is 0 Å². The third kappa shape index (κ3) is 4.71.